The van der Waals surface area contributed by atoms with Crippen molar-refractivity contribution >= 4 is 28.7 Å². The second kappa shape index (κ2) is 5.88. The molecule has 7 nitrogen and oxygen atoms in total. The monoisotopic (exact) mass is 307 g/mol. The summed E-state index contributed by atoms with van der Waals surface area (Å²) in [5.41, 5.74) is 2.79. The number of nitro benzene ring substituents is 1. The molecule has 1 aromatic heterocycles. The van der Waals surface area contributed by atoms with Gasteiger partial charge in [-0.1, -0.05) is 0 Å². The fourth-order valence-corrected chi connectivity index (χ4v) is 2.74. The van der Waals surface area contributed by atoms with E-state index in [-0.39, 0.29) is 11.3 Å². The van der Waals surface area contributed by atoms with Gasteiger partial charge in [0.05, 0.1) is 33.9 Å². The topological polar surface area (TPSA) is 96.6 Å². The molecule has 0 saturated heterocycles. The van der Waals surface area contributed by atoms with E-state index in [1.807, 2.05) is 6.92 Å². The number of carbonyl (C=O) groups is 1. The Balaban J connectivity index is 2.39. The number of rotatable bonds is 5. The molecule has 0 aliphatic rings. The Hall–Kier alpha value is -2.48. The highest BCUT2D eigenvalue weighted by molar-refractivity contribution is 7.09. The van der Waals surface area contributed by atoms with Gasteiger partial charge in [0.2, 0.25) is 0 Å². The molecule has 1 heterocycles. The Bertz CT molecular complexity index is 698. The Labute approximate surface area is 124 Å². The maximum Gasteiger partial charge on any atom is 0.337 e. The van der Waals surface area contributed by atoms with Gasteiger partial charge in [-0.2, -0.15) is 0 Å². The number of nitrogens with zero attached hydrogens (tertiary/aromatic N) is 3. The van der Waals surface area contributed by atoms with E-state index in [0.717, 1.165) is 10.6 Å². The van der Waals surface area contributed by atoms with Gasteiger partial charge in [-0.25, -0.2) is 9.78 Å². The molecule has 1 aromatic carbocycles. The van der Waals surface area contributed by atoms with E-state index in [0.29, 0.717) is 12.2 Å². The second-order valence-corrected chi connectivity index (χ2v) is 5.42. The summed E-state index contributed by atoms with van der Waals surface area (Å²) in [6.07, 6.45) is 0. The van der Waals surface area contributed by atoms with E-state index < -0.39 is 10.9 Å². The normalized spacial score (nSPS) is 10.4. The summed E-state index contributed by atoms with van der Waals surface area (Å²) < 4.78 is 0. The molecule has 0 aliphatic carbocycles. The number of anilines is 1. The van der Waals surface area contributed by atoms with E-state index in [9.17, 15) is 20.0 Å². The molecule has 0 amide bonds. The van der Waals surface area contributed by atoms with Crippen LogP contribution in [0.25, 0.3) is 0 Å². The van der Waals surface area contributed by atoms with Crippen LogP contribution in [-0.2, 0) is 6.54 Å². The van der Waals surface area contributed by atoms with E-state index in [1.54, 1.807) is 17.5 Å². The Morgan fingerprint density at radius 2 is 2.24 bits per heavy atom. The molecule has 8 heteroatoms. The van der Waals surface area contributed by atoms with Crippen molar-refractivity contribution in [2.75, 3.05) is 11.9 Å². The molecule has 0 spiro atoms. The first-order valence-electron chi connectivity index (χ1n) is 6.02. The minimum absolute atomic E-state index is 0.0327. The van der Waals surface area contributed by atoms with Gasteiger partial charge < -0.3 is 10.0 Å². The number of aryl methyl sites for hydroxylation is 1. The van der Waals surface area contributed by atoms with Crippen LogP contribution < -0.4 is 4.90 Å². The molecule has 2 aromatic rings. The van der Waals surface area contributed by atoms with Gasteiger partial charge in [-0.15, -0.1) is 11.3 Å². The number of hydrogen-bond acceptors (Lipinski definition) is 6. The highest BCUT2D eigenvalue weighted by Gasteiger charge is 2.19. The first-order valence-corrected chi connectivity index (χ1v) is 6.90. The SMILES string of the molecule is Cc1ncsc1CN(C)c1cc([N+](=O)[O-])ccc1C(=O)O. The van der Waals surface area contributed by atoms with E-state index >= 15 is 0 Å². The van der Waals surface area contributed by atoms with Gasteiger partial charge in [0.15, 0.2) is 0 Å². The summed E-state index contributed by atoms with van der Waals surface area (Å²) in [7, 11) is 1.70. The summed E-state index contributed by atoms with van der Waals surface area (Å²) in [6, 6.07) is 3.73. The number of hydrogen-bond donors (Lipinski definition) is 1. The molecule has 0 saturated carbocycles. The van der Waals surface area contributed by atoms with Crippen molar-refractivity contribution in [3.63, 3.8) is 0 Å². The van der Waals surface area contributed by atoms with Crippen LogP contribution in [0.3, 0.4) is 0 Å². The largest absolute Gasteiger partial charge is 0.478 e. The van der Waals surface area contributed by atoms with Crippen LogP contribution in [0, 0.1) is 17.0 Å². The maximum absolute atomic E-state index is 11.3. The summed E-state index contributed by atoms with van der Waals surface area (Å²) >= 11 is 1.46. The molecule has 2 rings (SSSR count). The van der Waals surface area contributed by atoms with Crippen molar-refractivity contribution in [2.45, 2.75) is 13.5 Å². The minimum Gasteiger partial charge on any atom is -0.478 e. The van der Waals surface area contributed by atoms with Gasteiger partial charge in [0.25, 0.3) is 5.69 Å². The van der Waals surface area contributed by atoms with Crippen LogP contribution >= 0.6 is 11.3 Å². The zero-order chi connectivity index (χ0) is 15.6. The van der Waals surface area contributed by atoms with Crippen molar-refractivity contribution in [1.29, 1.82) is 0 Å². The average Bonchev–Trinajstić information content (AvgIpc) is 2.83. The molecule has 0 fully saturated rings. The second-order valence-electron chi connectivity index (χ2n) is 4.48. The van der Waals surface area contributed by atoms with Crippen LogP contribution in [0.2, 0.25) is 0 Å². The third-order valence-corrected chi connectivity index (χ3v) is 3.98. The Morgan fingerprint density at radius 3 is 2.76 bits per heavy atom. The van der Waals surface area contributed by atoms with Crippen molar-refractivity contribution in [1.82, 2.24) is 4.98 Å². The van der Waals surface area contributed by atoms with E-state index in [4.69, 9.17) is 0 Å². The lowest BCUT2D eigenvalue weighted by Gasteiger charge is -2.20. The number of aromatic carboxylic acids is 1. The predicted octanol–water partition coefficient (Wildman–Crippen LogP) is 2.69. The van der Waals surface area contributed by atoms with Crippen LogP contribution in [0.1, 0.15) is 20.9 Å². The van der Waals surface area contributed by atoms with Crippen LogP contribution in [0.5, 0.6) is 0 Å². The molecule has 1 N–H and O–H groups in total. The van der Waals surface area contributed by atoms with Crippen molar-refractivity contribution < 1.29 is 14.8 Å². The zero-order valence-electron chi connectivity index (χ0n) is 11.4. The van der Waals surface area contributed by atoms with E-state index in [2.05, 4.69) is 4.98 Å². The lowest BCUT2D eigenvalue weighted by atomic mass is 10.1. The van der Waals surface area contributed by atoms with Crippen molar-refractivity contribution in [2.24, 2.45) is 0 Å². The predicted molar refractivity (Wildman–Crippen MR) is 79.0 cm³/mol. The smallest absolute Gasteiger partial charge is 0.337 e. The fraction of sp³-hybridized carbons (Fsp3) is 0.231. The first kappa shape index (κ1) is 14.9. The number of carboxylic acid groups (broad SMARTS) is 1. The number of nitro groups is 1. The Morgan fingerprint density at radius 1 is 1.52 bits per heavy atom. The maximum atomic E-state index is 11.3. The molecule has 110 valence electrons. The molecule has 0 aliphatic heterocycles. The van der Waals surface area contributed by atoms with Crippen LogP contribution in [0.15, 0.2) is 23.7 Å². The molecule has 0 bridgehead atoms. The number of benzene rings is 1. The van der Waals surface area contributed by atoms with Crippen LogP contribution in [-0.4, -0.2) is 28.0 Å². The number of carboxylic acids is 1. The lowest BCUT2D eigenvalue weighted by molar-refractivity contribution is -0.384. The number of thiazole rings is 1. The van der Waals surface area contributed by atoms with Crippen molar-refractivity contribution in [3.8, 4) is 0 Å². The molecule has 0 radical (unpaired) electrons. The van der Waals surface area contributed by atoms with Crippen LogP contribution in [0.4, 0.5) is 11.4 Å². The average molecular weight is 307 g/mol. The highest BCUT2D eigenvalue weighted by atomic mass is 32.1. The molecule has 0 unspecified atom stereocenters. The highest BCUT2D eigenvalue weighted by Crippen LogP contribution is 2.27. The van der Waals surface area contributed by atoms with Gasteiger partial charge in [-0.3, -0.25) is 10.1 Å². The zero-order valence-corrected chi connectivity index (χ0v) is 12.3. The summed E-state index contributed by atoms with van der Waals surface area (Å²) in [6.45, 7) is 2.31. The summed E-state index contributed by atoms with van der Waals surface area (Å²) in [5.74, 6) is -1.12. The standard InChI is InChI=1S/C13H13N3O4S/c1-8-12(21-7-14-8)6-15(2)11-5-9(16(19)20)3-4-10(11)13(17)18/h3-5,7H,6H2,1-2H3,(H,17,18). The lowest BCUT2D eigenvalue weighted by Crippen LogP contribution is -2.19. The van der Waals surface area contributed by atoms with Gasteiger partial charge in [0, 0.05) is 24.1 Å². The van der Waals surface area contributed by atoms with E-state index in [1.165, 1.54) is 29.5 Å². The van der Waals surface area contributed by atoms with Crippen molar-refractivity contribution in [3.05, 3.63) is 50.0 Å². The minimum atomic E-state index is -1.12. The molecule has 0 atom stereocenters. The molecular weight excluding hydrogens is 294 g/mol. The van der Waals surface area contributed by atoms with Gasteiger partial charge in [-0.05, 0) is 13.0 Å². The third kappa shape index (κ3) is 3.16. The Kier molecular flexibility index (Phi) is 4.18. The van der Waals surface area contributed by atoms with Gasteiger partial charge in [0.1, 0.15) is 0 Å². The summed E-state index contributed by atoms with van der Waals surface area (Å²) in [5, 5.41) is 20.1. The third-order valence-electron chi connectivity index (χ3n) is 3.06. The first-order chi connectivity index (χ1) is 9.90. The quantitative estimate of drug-likeness (QED) is 0.674. The summed E-state index contributed by atoms with van der Waals surface area (Å²) in [4.78, 5) is 28.4. The number of non-ortho nitro benzene ring substituents is 1. The fourth-order valence-electron chi connectivity index (χ4n) is 1.91. The van der Waals surface area contributed by atoms with Gasteiger partial charge >= 0.3 is 5.97 Å². The molecular formula is C13H13N3O4S. The number of aromatic nitrogens is 1. The molecule has 21 heavy (non-hydrogen) atoms.